The van der Waals surface area contributed by atoms with Crippen LogP contribution in [0.25, 0.3) is 0 Å². The van der Waals surface area contributed by atoms with Gasteiger partial charge in [-0.3, -0.25) is 4.79 Å². The van der Waals surface area contributed by atoms with E-state index in [2.05, 4.69) is 9.47 Å². The van der Waals surface area contributed by atoms with E-state index >= 15 is 0 Å². The summed E-state index contributed by atoms with van der Waals surface area (Å²) >= 11 is 0. The highest BCUT2D eigenvalue weighted by atomic mass is 19.4. The predicted molar refractivity (Wildman–Crippen MR) is 52.4 cm³/mol. The summed E-state index contributed by atoms with van der Waals surface area (Å²) < 4.78 is 44.4. The van der Waals surface area contributed by atoms with Gasteiger partial charge in [-0.05, 0) is 12.3 Å². The van der Waals surface area contributed by atoms with E-state index in [1.54, 1.807) is 0 Å². The molecule has 0 aliphatic heterocycles. The van der Waals surface area contributed by atoms with E-state index in [-0.39, 0.29) is 25.6 Å². The molecule has 17 heavy (non-hydrogen) atoms. The summed E-state index contributed by atoms with van der Waals surface area (Å²) in [7, 11) is 0. The monoisotopic (exact) mass is 256 g/mol. The highest BCUT2D eigenvalue weighted by Gasteiger charge is 2.37. The molecule has 0 rings (SSSR count). The van der Waals surface area contributed by atoms with Crippen molar-refractivity contribution in [3.8, 4) is 0 Å². The minimum Gasteiger partial charge on any atom is -0.434 e. The second kappa shape index (κ2) is 7.13. The van der Waals surface area contributed by atoms with Crippen LogP contribution >= 0.6 is 0 Å². The SMILES string of the molecule is CC(C)COC(=O)OCCCC(=O)C(F)(F)F. The Morgan fingerprint density at radius 3 is 2.24 bits per heavy atom. The topological polar surface area (TPSA) is 52.6 Å². The molecule has 0 spiro atoms. The van der Waals surface area contributed by atoms with Gasteiger partial charge in [0.1, 0.15) is 0 Å². The van der Waals surface area contributed by atoms with E-state index in [0.29, 0.717) is 0 Å². The number of halogens is 3. The first-order valence-electron chi connectivity index (χ1n) is 5.13. The lowest BCUT2D eigenvalue weighted by Gasteiger charge is -2.08. The summed E-state index contributed by atoms with van der Waals surface area (Å²) in [6.07, 6.45) is -6.62. The molecule has 0 aromatic carbocycles. The van der Waals surface area contributed by atoms with Crippen LogP contribution in [0.4, 0.5) is 18.0 Å². The van der Waals surface area contributed by atoms with Crippen molar-refractivity contribution in [3.63, 3.8) is 0 Å². The molecule has 7 heteroatoms. The average Bonchev–Trinajstić information content (AvgIpc) is 2.19. The number of hydrogen-bond donors (Lipinski definition) is 0. The number of ketones is 1. The maximum atomic E-state index is 11.8. The molecule has 0 N–H and O–H groups in total. The van der Waals surface area contributed by atoms with Gasteiger partial charge < -0.3 is 9.47 Å². The molecule has 0 atom stereocenters. The third-order valence-electron chi connectivity index (χ3n) is 1.62. The summed E-state index contributed by atoms with van der Waals surface area (Å²) in [5.74, 6) is -1.67. The van der Waals surface area contributed by atoms with Crippen molar-refractivity contribution in [1.29, 1.82) is 0 Å². The molecule has 0 aliphatic carbocycles. The minimum absolute atomic E-state index is 0.148. The van der Waals surface area contributed by atoms with Crippen LogP contribution in [0.1, 0.15) is 26.7 Å². The van der Waals surface area contributed by atoms with Crippen molar-refractivity contribution in [2.24, 2.45) is 5.92 Å². The van der Waals surface area contributed by atoms with Crippen LogP contribution in [-0.4, -0.2) is 31.3 Å². The van der Waals surface area contributed by atoms with Gasteiger partial charge in [0.2, 0.25) is 5.78 Å². The Morgan fingerprint density at radius 2 is 1.76 bits per heavy atom. The van der Waals surface area contributed by atoms with E-state index in [9.17, 15) is 22.8 Å². The molecular formula is C10H15F3O4. The highest BCUT2D eigenvalue weighted by molar-refractivity contribution is 5.83. The van der Waals surface area contributed by atoms with E-state index in [1.807, 2.05) is 13.8 Å². The van der Waals surface area contributed by atoms with Crippen molar-refractivity contribution >= 4 is 11.9 Å². The molecule has 0 aromatic rings. The molecule has 0 radical (unpaired) electrons. The van der Waals surface area contributed by atoms with Gasteiger partial charge in [0.15, 0.2) is 0 Å². The molecule has 0 saturated heterocycles. The summed E-state index contributed by atoms with van der Waals surface area (Å²) in [5, 5.41) is 0. The summed E-state index contributed by atoms with van der Waals surface area (Å²) in [5.41, 5.74) is 0. The van der Waals surface area contributed by atoms with Gasteiger partial charge in [-0.2, -0.15) is 13.2 Å². The van der Waals surface area contributed by atoms with Crippen LogP contribution in [0.2, 0.25) is 0 Å². The fourth-order valence-electron chi connectivity index (χ4n) is 0.806. The van der Waals surface area contributed by atoms with Crippen molar-refractivity contribution in [2.45, 2.75) is 32.9 Å². The second-order valence-electron chi connectivity index (χ2n) is 3.83. The highest BCUT2D eigenvalue weighted by Crippen LogP contribution is 2.18. The number of hydrogen-bond acceptors (Lipinski definition) is 4. The van der Waals surface area contributed by atoms with Gasteiger partial charge in [0, 0.05) is 6.42 Å². The standard InChI is InChI=1S/C10H15F3O4/c1-7(2)6-17-9(15)16-5-3-4-8(14)10(11,12)13/h7H,3-6H2,1-2H3. The van der Waals surface area contributed by atoms with E-state index in [0.717, 1.165) is 0 Å². The summed E-state index contributed by atoms with van der Waals surface area (Å²) in [6.45, 7) is 3.57. The first kappa shape index (κ1) is 15.7. The predicted octanol–water partition coefficient (Wildman–Crippen LogP) is 2.71. The Labute approximate surface area is 97.1 Å². The molecule has 4 nitrogen and oxygen atoms in total. The van der Waals surface area contributed by atoms with Crippen LogP contribution in [0, 0.1) is 5.92 Å². The smallest absolute Gasteiger partial charge is 0.434 e. The normalized spacial score (nSPS) is 11.4. The van der Waals surface area contributed by atoms with E-state index in [1.165, 1.54) is 0 Å². The van der Waals surface area contributed by atoms with E-state index < -0.39 is 24.5 Å². The molecule has 0 unspecified atom stereocenters. The molecule has 0 aliphatic rings. The maximum absolute atomic E-state index is 11.8. The zero-order valence-corrected chi connectivity index (χ0v) is 9.67. The zero-order chi connectivity index (χ0) is 13.5. The average molecular weight is 256 g/mol. The van der Waals surface area contributed by atoms with Crippen LogP contribution in [0.5, 0.6) is 0 Å². The number of carbonyl (C=O) groups is 2. The fourth-order valence-corrected chi connectivity index (χ4v) is 0.806. The lowest BCUT2D eigenvalue weighted by atomic mass is 10.2. The van der Waals surface area contributed by atoms with Crippen molar-refractivity contribution in [1.82, 2.24) is 0 Å². The first-order valence-corrected chi connectivity index (χ1v) is 5.13. The van der Waals surface area contributed by atoms with Crippen molar-refractivity contribution < 1.29 is 32.2 Å². The second-order valence-corrected chi connectivity index (χ2v) is 3.83. The van der Waals surface area contributed by atoms with Crippen LogP contribution in [-0.2, 0) is 14.3 Å². The number of ether oxygens (including phenoxy) is 2. The van der Waals surface area contributed by atoms with Gasteiger partial charge >= 0.3 is 12.3 Å². The molecule has 100 valence electrons. The Bertz CT molecular complexity index is 261. The molecular weight excluding hydrogens is 241 g/mol. The Kier molecular flexibility index (Phi) is 6.60. The number of alkyl halides is 3. The quantitative estimate of drug-likeness (QED) is 0.541. The van der Waals surface area contributed by atoms with Gasteiger partial charge in [0.05, 0.1) is 13.2 Å². The summed E-state index contributed by atoms with van der Waals surface area (Å²) in [4.78, 5) is 21.3. The van der Waals surface area contributed by atoms with Gasteiger partial charge in [-0.1, -0.05) is 13.8 Å². The summed E-state index contributed by atoms with van der Waals surface area (Å²) in [6, 6.07) is 0. The van der Waals surface area contributed by atoms with Crippen LogP contribution in [0.15, 0.2) is 0 Å². The molecule has 0 saturated carbocycles. The first-order chi connectivity index (χ1) is 7.73. The van der Waals surface area contributed by atoms with Crippen LogP contribution < -0.4 is 0 Å². The lowest BCUT2D eigenvalue weighted by molar-refractivity contribution is -0.171. The number of rotatable bonds is 6. The Balaban J connectivity index is 3.58. The zero-order valence-electron chi connectivity index (χ0n) is 9.67. The van der Waals surface area contributed by atoms with E-state index in [4.69, 9.17) is 0 Å². The minimum atomic E-state index is -4.82. The molecule has 0 bridgehead atoms. The van der Waals surface area contributed by atoms with Gasteiger partial charge in [0.25, 0.3) is 0 Å². The third-order valence-corrected chi connectivity index (χ3v) is 1.62. The van der Waals surface area contributed by atoms with Crippen molar-refractivity contribution in [3.05, 3.63) is 0 Å². The van der Waals surface area contributed by atoms with Gasteiger partial charge in [-0.25, -0.2) is 4.79 Å². The van der Waals surface area contributed by atoms with Gasteiger partial charge in [-0.15, -0.1) is 0 Å². The van der Waals surface area contributed by atoms with Crippen molar-refractivity contribution in [2.75, 3.05) is 13.2 Å². The molecule has 0 fully saturated rings. The Hall–Kier alpha value is -1.27. The van der Waals surface area contributed by atoms with Crippen LogP contribution in [0.3, 0.4) is 0 Å². The third kappa shape index (κ3) is 8.53. The largest absolute Gasteiger partial charge is 0.508 e. The molecule has 0 amide bonds. The molecule has 0 heterocycles. The lowest BCUT2D eigenvalue weighted by Crippen LogP contribution is -2.23. The fraction of sp³-hybridized carbons (Fsp3) is 0.800. The number of carbonyl (C=O) groups excluding carboxylic acids is 2. The maximum Gasteiger partial charge on any atom is 0.508 e. The Morgan fingerprint density at radius 1 is 1.18 bits per heavy atom. The number of Topliss-reactive ketones (excluding diaryl/α,β-unsaturated/α-hetero) is 1. The molecule has 0 aromatic heterocycles.